The number of nitrogens with one attached hydrogen (secondary N) is 2. The molecule has 35 heavy (non-hydrogen) atoms. The SMILES string of the molecule is O=c1ccc2c(c1)oc1c(-c3ccc4ncccc4c3)c3c(=O)[nH]n(C4CCCCCC4)c3[nH]c12. The molecule has 0 atom stereocenters. The van der Waals surface area contributed by atoms with E-state index in [-0.39, 0.29) is 17.0 Å². The lowest BCUT2D eigenvalue weighted by Crippen LogP contribution is -2.13. The van der Waals surface area contributed by atoms with E-state index in [0.717, 1.165) is 64.3 Å². The number of rotatable bonds is 2. The lowest BCUT2D eigenvalue weighted by molar-refractivity contribution is 0.413. The highest BCUT2D eigenvalue weighted by Crippen LogP contribution is 2.40. The van der Waals surface area contributed by atoms with Crippen LogP contribution in [0, 0.1) is 0 Å². The lowest BCUT2D eigenvalue weighted by Gasteiger charge is -2.17. The first-order valence-corrected chi connectivity index (χ1v) is 12.3. The van der Waals surface area contributed by atoms with E-state index in [4.69, 9.17) is 4.42 Å². The Morgan fingerprint density at radius 1 is 0.971 bits per heavy atom. The molecule has 0 aliphatic heterocycles. The largest absolute Gasteiger partial charge is 0.454 e. The highest BCUT2D eigenvalue weighted by molar-refractivity contribution is 6.14. The van der Waals surface area contributed by atoms with Crippen LogP contribution in [0.4, 0.5) is 0 Å². The molecule has 7 heteroatoms. The first kappa shape index (κ1) is 20.3. The summed E-state index contributed by atoms with van der Waals surface area (Å²) < 4.78 is 8.30. The molecule has 0 saturated heterocycles. The molecule has 1 aliphatic carbocycles. The number of furan rings is 1. The van der Waals surface area contributed by atoms with E-state index in [0.29, 0.717) is 16.6 Å². The van der Waals surface area contributed by atoms with Crippen LogP contribution in [-0.4, -0.2) is 19.7 Å². The Kier molecular flexibility index (Phi) is 4.46. The van der Waals surface area contributed by atoms with Gasteiger partial charge in [-0.05, 0) is 48.7 Å². The molecule has 0 amide bonds. The molecule has 7 rings (SSSR count). The van der Waals surface area contributed by atoms with Crippen molar-refractivity contribution in [3.05, 3.63) is 75.3 Å². The van der Waals surface area contributed by atoms with Gasteiger partial charge in [-0.15, -0.1) is 0 Å². The second-order valence-corrected chi connectivity index (χ2v) is 9.55. The van der Waals surface area contributed by atoms with Crippen molar-refractivity contribution in [1.29, 1.82) is 0 Å². The third-order valence-electron chi connectivity index (χ3n) is 7.39. The highest BCUT2D eigenvalue weighted by Gasteiger charge is 2.25. The fourth-order valence-corrected chi connectivity index (χ4v) is 5.71. The molecular formula is C28H24N4O3. The number of pyridine rings is 2. The minimum atomic E-state index is -0.145. The Hall–Kier alpha value is -4.13. The summed E-state index contributed by atoms with van der Waals surface area (Å²) in [6.07, 6.45) is 8.61. The number of aromatic nitrogens is 4. The maximum absolute atomic E-state index is 13.5. The van der Waals surface area contributed by atoms with Crippen molar-refractivity contribution in [2.45, 2.75) is 44.6 Å². The Bertz CT molecular complexity index is 1860. The van der Waals surface area contributed by atoms with Crippen molar-refractivity contribution in [1.82, 2.24) is 19.7 Å². The van der Waals surface area contributed by atoms with Crippen molar-refractivity contribution in [3.63, 3.8) is 0 Å². The quantitative estimate of drug-likeness (QED) is 0.306. The van der Waals surface area contributed by atoms with Gasteiger partial charge in [0.05, 0.1) is 22.5 Å². The van der Waals surface area contributed by atoms with Crippen LogP contribution >= 0.6 is 0 Å². The second kappa shape index (κ2) is 7.70. The summed E-state index contributed by atoms with van der Waals surface area (Å²) in [5, 5.41) is 5.53. The third-order valence-corrected chi connectivity index (χ3v) is 7.39. The van der Waals surface area contributed by atoms with Crippen LogP contribution in [0.1, 0.15) is 44.6 Å². The fraction of sp³-hybridized carbons (Fsp3) is 0.250. The van der Waals surface area contributed by atoms with Crippen LogP contribution in [-0.2, 0) is 0 Å². The van der Waals surface area contributed by atoms with Crippen LogP contribution in [0.25, 0.3) is 55.1 Å². The molecule has 0 spiro atoms. The van der Waals surface area contributed by atoms with Gasteiger partial charge in [0.2, 0.25) is 0 Å². The van der Waals surface area contributed by atoms with E-state index in [1.54, 1.807) is 18.3 Å². The van der Waals surface area contributed by atoms with Crippen LogP contribution in [0.15, 0.2) is 68.7 Å². The molecule has 0 bridgehead atoms. The zero-order valence-electron chi connectivity index (χ0n) is 19.1. The van der Waals surface area contributed by atoms with Gasteiger partial charge in [-0.2, -0.15) is 0 Å². The van der Waals surface area contributed by atoms with Crippen molar-refractivity contribution < 1.29 is 4.42 Å². The molecule has 0 radical (unpaired) electrons. The van der Waals surface area contributed by atoms with Gasteiger partial charge < -0.3 is 9.40 Å². The third kappa shape index (κ3) is 3.15. The summed E-state index contributed by atoms with van der Waals surface area (Å²) in [5.74, 6) is 0. The Morgan fingerprint density at radius 2 is 1.83 bits per heavy atom. The fourth-order valence-electron chi connectivity index (χ4n) is 5.71. The van der Waals surface area contributed by atoms with Crippen LogP contribution < -0.4 is 11.0 Å². The topological polar surface area (TPSA) is 96.7 Å². The Labute approximate surface area is 199 Å². The number of benzene rings is 2. The summed E-state index contributed by atoms with van der Waals surface area (Å²) >= 11 is 0. The maximum Gasteiger partial charge on any atom is 0.274 e. The molecule has 6 aromatic rings. The minimum absolute atomic E-state index is 0.111. The Balaban J connectivity index is 1.61. The average Bonchev–Trinajstić information content (AvgIpc) is 3.25. The zero-order chi connectivity index (χ0) is 23.5. The van der Waals surface area contributed by atoms with E-state index in [1.165, 1.54) is 18.9 Å². The van der Waals surface area contributed by atoms with E-state index in [9.17, 15) is 9.59 Å². The maximum atomic E-state index is 13.5. The minimum Gasteiger partial charge on any atom is -0.454 e. The zero-order valence-corrected chi connectivity index (χ0v) is 19.1. The summed E-state index contributed by atoms with van der Waals surface area (Å²) in [5.41, 5.74) is 4.88. The molecule has 4 heterocycles. The lowest BCUT2D eigenvalue weighted by atomic mass is 10.00. The monoisotopic (exact) mass is 464 g/mol. The molecule has 7 nitrogen and oxygen atoms in total. The highest BCUT2D eigenvalue weighted by atomic mass is 16.3. The molecule has 0 unspecified atom stereocenters. The van der Waals surface area contributed by atoms with Crippen molar-refractivity contribution >= 4 is 44.0 Å². The standard InChI is InChI=1S/C28H24N4O3/c33-19-10-11-20-22(15-19)35-26-23(17-9-12-21-16(14-17)6-5-13-29-21)24-27(30-25(20)26)32(31-28(24)34)18-7-3-1-2-4-8-18/h5-6,9-15,18,30H,1-4,7-8H2,(H,31,34). The van der Waals surface area contributed by atoms with E-state index in [1.807, 2.05) is 35.0 Å². The van der Waals surface area contributed by atoms with Gasteiger partial charge in [0, 0.05) is 28.6 Å². The van der Waals surface area contributed by atoms with Crippen molar-refractivity contribution in [2.75, 3.05) is 0 Å². The smallest absolute Gasteiger partial charge is 0.274 e. The van der Waals surface area contributed by atoms with Gasteiger partial charge in [-0.25, -0.2) is 0 Å². The molecule has 4 aromatic heterocycles. The average molecular weight is 465 g/mol. The molecule has 174 valence electrons. The summed E-state index contributed by atoms with van der Waals surface area (Å²) in [4.78, 5) is 33.5. The van der Waals surface area contributed by atoms with Gasteiger partial charge in [-0.1, -0.05) is 37.8 Å². The van der Waals surface area contributed by atoms with Gasteiger partial charge in [0.25, 0.3) is 5.56 Å². The van der Waals surface area contributed by atoms with Crippen LogP contribution in [0.2, 0.25) is 0 Å². The normalized spacial score (nSPS) is 15.4. The number of nitrogens with zero attached hydrogens (tertiary/aromatic N) is 2. The van der Waals surface area contributed by atoms with Gasteiger partial charge in [-0.3, -0.25) is 24.4 Å². The molecule has 1 fully saturated rings. The number of aromatic amines is 2. The van der Waals surface area contributed by atoms with Crippen molar-refractivity contribution in [2.24, 2.45) is 0 Å². The van der Waals surface area contributed by atoms with E-state index < -0.39 is 0 Å². The van der Waals surface area contributed by atoms with Gasteiger partial charge >= 0.3 is 0 Å². The summed E-state index contributed by atoms with van der Waals surface area (Å²) in [6.45, 7) is 0. The van der Waals surface area contributed by atoms with Crippen LogP contribution in [0.5, 0.6) is 0 Å². The second-order valence-electron chi connectivity index (χ2n) is 9.55. The van der Waals surface area contributed by atoms with E-state index in [2.05, 4.69) is 15.1 Å². The Morgan fingerprint density at radius 3 is 2.69 bits per heavy atom. The number of H-pyrrole nitrogens is 2. The molecule has 2 aromatic carbocycles. The number of fused-ring (bicyclic) bond motifs is 5. The van der Waals surface area contributed by atoms with E-state index >= 15 is 0 Å². The number of hydrogen-bond acceptors (Lipinski definition) is 4. The molecular weight excluding hydrogens is 440 g/mol. The predicted molar refractivity (Wildman–Crippen MR) is 138 cm³/mol. The van der Waals surface area contributed by atoms with Crippen LogP contribution in [0.3, 0.4) is 0 Å². The molecule has 1 aliphatic rings. The van der Waals surface area contributed by atoms with Crippen molar-refractivity contribution in [3.8, 4) is 11.1 Å². The molecule has 2 N–H and O–H groups in total. The first-order valence-electron chi connectivity index (χ1n) is 12.3. The van der Waals surface area contributed by atoms with Gasteiger partial charge in [0.15, 0.2) is 11.0 Å². The summed E-state index contributed by atoms with van der Waals surface area (Å²) in [6, 6.07) is 15.0. The first-order chi connectivity index (χ1) is 17.2. The predicted octanol–water partition coefficient (Wildman–Crippen LogP) is 6.03. The summed E-state index contributed by atoms with van der Waals surface area (Å²) in [7, 11) is 0. The number of hydrogen-bond donors (Lipinski definition) is 2. The molecule has 1 saturated carbocycles. The van der Waals surface area contributed by atoms with Gasteiger partial charge in [0.1, 0.15) is 11.2 Å².